The van der Waals surface area contributed by atoms with Crippen LogP contribution in [0.1, 0.15) is 11.7 Å². The van der Waals surface area contributed by atoms with Gasteiger partial charge in [-0.25, -0.2) is 8.78 Å². The van der Waals surface area contributed by atoms with Crippen molar-refractivity contribution in [2.75, 3.05) is 0 Å². The highest BCUT2D eigenvalue weighted by Crippen LogP contribution is 2.28. The summed E-state index contributed by atoms with van der Waals surface area (Å²) in [6.07, 6.45) is -4.37. The first-order chi connectivity index (χ1) is 5.11. The number of aliphatic hydroxyl groups excluding tert-OH is 1. The summed E-state index contributed by atoms with van der Waals surface area (Å²) in [6, 6.07) is 1.49. The van der Waals surface area contributed by atoms with Gasteiger partial charge in [0.2, 0.25) is 0 Å². The average Bonchev–Trinajstić information content (AvgIpc) is 2.34. The van der Waals surface area contributed by atoms with E-state index in [0.717, 1.165) is 3.79 Å². The summed E-state index contributed by atoms with van der Waals surface area (Å²) in [4.78, 5) is 0. The van der Waals surface area contributed by atoms with Gasteiger partial charge in [0.25, 0.3) is 6.43 Å². The van der Waals surface area contributed by atoms with E-state index in [1.165, 1.54) is 22.8 Å². The summed E-state index contributed by atoms with van der Waals surface area (Å²) < 4.78 is 24.5. The lowest BCUT2D eigenvalue weighted by Crippen LogP contribution is -2.06. The second-order valence-corrected chi connectivity index (χ2v) is 4.25. The molecule has 0 fully saturated rings. The molecular weight excluding hydrogens is 238 g/mol. The van der Waals surface area contributed by atoms with Crippen LogP contribution < -0.4 is 0 Å². The van der Waals surface area contributed by atoms with Gasteiger partial charge in [0, 0.05) is 0 Å². The molecule has 0 aromatic carbocycles. The molecule has 1 N–H and O–H groups in total. The summed E-state index contributed by atoms with van der Waals surface area (Å²) in [5.41, 5.74) is 0.261. The van der Waals surface area contributed by atoms with E-state index in [4.69, 9.17) is 5.11 Å². The summed E-state index contributed by atoms with van der Waals surface area (Å²) in [7, 11) is 0. The third-order valence-corrected chi connectivity index (χ3v) is 2.69. The van der Waals surface area contributed by atoms with Gasteiger partial charge in [-0.3, -0.25) is 0 Å². The smallest absolute Gasteiger partial charge is 0.268 e. The predicted octanol–water partition coefficient (Wildman–Crippen LogP) is 2.81. The molecule has 0 saturated heterocycles. The number of aliphatic hydroxyl groups is 1. The SMILES string of the molecule is OC(c1csc(Br)c1)C(F)F. The van der Waals surface area contributed by atoms with Crippen LogP contribution in [0.25, 0.3) is 0 Å². The lowest BCUT2D eigenvalue weighted by Gasteiger charge is -2.05. The van der Waals surface area contributed by atoms with Gasteiger partial charge in [-0.05, 0) is 32.9 Å². The first-order valence-corrected chi connectivity index (χ1v) is 4.48. The van der Waals surface area contributed by atoms with Crippen LogP contribution in [0.15, 0.2) is 15.2 Å². The highest BCUT2D eigenvalue weighted by Gasteiger charge is 2.19. The van der Waals surface area contributed by atoms with Crippen LogP contribution in [-0.4, -0.2) is 11.5 Å². The Morgan fingerprint density at radius 2 is 2.18 bits per heavy atom. The van der Waals surface area contributed by atoms with E-state index in [0.29, 0.717) is 0 Å². The Kier molecular flexibility index (Phi) is 2.98. The number of thiophene rings is 1. The average molecular weight is 243 g/mol. The highest BCUT2D eigenvalue weighted by molar-refractivity contribution is 9.11. The fraction of sp³-hybridized carbons (Fsp3) is 0.333. The molecule has 11 heavy (non-hydrogen) atoms. The van der Waals surface area contributed by atoms with E-state index < -0.39 is 12.5 Å². The van der Waals surface area contributed by atoms with Crippen molar-refractivity contribution in [1.29, 1.82) is 0 Å². The molecule has 0 radical (unpaired) electrons. The van der Waals surface area contributed by atoms with Crippen LogP contribution in [0.4, 0.5) is 8.78 Å². The van der Waals surface area contributed by atoms with E-state index >= 15 is 0 Å². The molecule has 0 saturated carbocycles. The first-order valence-electron chi connectivity index (χ1n) is 2.81. The summed E-state index contributed by atoms with van der Waals surface area (Å²) in [5, 5.41) is 10.3. The van der Waals surface area contributed by atoms with Gasteiger partial charge in [-0.1, -0.05) is 0 Å². The number of rotatable bonds is 2. The molecule has 1 unspecified atom stereocenters. The number of hydrogen-bond donors (Lipinski definition) is 1. The van der Waals surface area contributed by atoms with Crippen molar-refractivity contribution >= 4 is 27.3 Å². The molecule has 1 atom stereocenters. The van der Waals surface area contributed by atoms with Gasteiger partial charge in [0.15, 0.2) is 0 Å². The summed E-state index contributed by atoms with van der Waals surface area (Å²) in [5.74, 6) is 0. The van der Waals surface area contributed by atoms with Crippen molar-refractivity contribution in [3.8, 4) is 0 Å². The van der Waals surface area contributed by atoms with Gasteiger partial charge in [0.05, 0.1) is 3.79 Å². The van der Waals surface area contributed by atoms with Crippen LogP contribution in [0.2, 0.25) is 0 Å². The van der Waals surface area contributed by atoms with Crippen molar-refractivity contribution in [2.45, 2.75) is 12.5 Å². The van der Waals surface area contributed by atoms with E-state index in [-0.39, 0.29) is 5.56 Å². The number of alkyl halides is 2. The molecule has 1 rings (SSSR count). The van der Waals surface area contributed by atoms with Gasteiger partial charge < -0.3 is 5.11 Å². The molecule has 0 amide bonds. The molecule has 1 heterocycles. The fourth-order valence-electron chi connectivity index (χ4n) is 0.624. The largest absolute Gasteiger partial charge is 0.382 e. The fourth-order valence-corrected chi connectivity index (χ4v) is 1.83. The maximum Gasteiger partial charge on any atom is 0.268 e. The zero-order valence-electron chi connectivity index (χ0n) is 5.30. The lowest BCUT2D eigenvalue weighted by molar-refractivity contribution is -0.00555. The zero-order chi connectivity index (χ0) is 8.43. The van der Waals surface area contributed by atoms with Crippen LogP contribution >= 0.6 is 27.3 Å². The van der Waals surface area contributed by atoms with Crippen molar-refractivity contribution in [2.24, 2.45) is 0 Å². The van der Waals surface area contributed by atoms with Crippen LogP contribution in [0.3, 0.4) is 0 Å². The quantitative estimate of drug-likeness (QED) is 0.846. The maximum atomic E-state index is 11.9. The minimum Gasteiger partial charge on any atom is -0.382 e. The molecule has 1 aromatic heterocycles. The predicted molar refractivity (Wildman–Crippen MR) is 43.0 cm³/mol. The third-order valence-electron chi connectivity index (χ3n) is 1.17. The topological polar surface area (TPSA) is 20.2 Å². The van der Waals surface area contributed by atoms with Gasteiger partial charge in [-0.15, -0.1) is 11.3 Å². The normalized spacial score (nSPS) is 13.9. The number of hydrogen-bond acceptors (Lipinski definition) is 2. The van der Waals surface area contributed by atoms with E-state index in [1.54, 1.807) is 0 Å². The molecule has 62 valence electrons. The highest BCUT2D eigenvalue weighted by atomic mass is 79.9. The molecule has 0 spiro atoms. The third kappa shape index (κ3) is 2.21. The second-order valence-electron chi connectivity index (χ2n) is 1.96. The van der Waals surface area contributed by atoms with E-state index in [9.17, 15) is 8.78 Å². The lowest BCUT2D eigenvalue weighted by atomic mass is 10.2. The van der Waals surface area contributed by atoms with Gasteiger partial charge in [-0.2, -0.15) is 0 Å². The Balaban J connectivity index is 2.76. The Hall–Kier alpha value is -0.000000000000000111. The second kappa shape index (κ2) is 3.60. The molecule has 1 nitrogen and oxygen atoms in total. The van der Waals surface area contributed by atoms with Crippen molar-refractivity contribution in [3.63, 3.8) is 0 Å². The molecule has 0 aliphatic carbocycles. The summed E-state index contributed by atoms with van der Waals surface area (Å²) in [6.45, 7) is 0. The van der Waals surface area contributed by atoms with E-state index in [2.05, 4.69) is 15.9 Å². The Morgan fingerprint density at radius 1 is 1.55 bits per heavy atom. The molecule has 5 heteroatoms. The molecule has 0 aliphatic rings. The molecule has 1 aromatic rings. The molecule has 0 bridgehead atoms. The standard InChI is InChI=1S/C6H5BrF2OS/c7-4-1-3(2-11-4)5(10)6(8)9/h1-2,5-6,10H. The monoisotopic (exact) mass is 242 g/mol. The minimum absolute atomic E-state index is 0.261. The summed E-state index contributed by atoms with van der Waals surface area (Å²) >= 11 is 4.39. The van der Waals surface area contributed by atoms with Gasteiger partial charge in [0.1, 0.15) is 6.10 Å². The van der Waals surface area contributed by atoms with Crippen molar-refractivity contribution in [3.05, 3.63) is 20.8 Å². The Bertz CT molecular complexity index is 238. The van der Waals surface area contributed by atoms with Gasteiger partial charge >= 0.3 is 0 Å². The number of halogens is 3. The minimum atomic E-state index is -2.71. The van der Waals surface area contributed by atoms with Crippen LogP contribution in [0.5, 0.6) is 0 Å². The molecule has 0 aliphatic heterocycles. The van der Waals surface area contributed by atoms with Crippen LogP contribution in [0, 0.1) is 0 Å². The Morgan fingerprint density at radius 3 is 2.55 bits per heavy atom. The Labute approximate surface area is 74.8 Å². The van der Waals surface area contributed by atoms with Crippen LogP contribution in [-0.2, 0) is 0 Å². The first kappa shape index (κ1) is 9.09. The van der Waals surface area contributed by atoms with Crippen molar-refractivity contribution < 1.29 is 13.9 Å². The zero-order valence-corrected chi connectivity index (χ0v) is 7.70. The van der Waals surface area contributed by atoms with Crippen molar-refractivity contribution in [1.82, 2.24) is 0 Å². The maximum absolute atomic E-state index is 11.9. The molecular formula is C6H5BrF2OS. The van der Waals surface area contributed by atoms with E-state index in [1.807, 2.05) is 0 Å².